The van der Waals surface area contributed by atoms with E-state index in [1.807, 2.05) is 4.90 Å². The Bertz CT molecular complexity index is 324. The Balaban J connectivity index is 2.41. The summed E-state index contributed by atoms with van der Waals surface area (Å²) in [6.45, 7) is 1.51. The number of Topliss-reactive ketones (excluding diaryl/α,β-unsaturated/α-hetero) is 1. The number of pyridine rings is 1. The van der Waals surface area contributed by atoms with Crippen molar-refractivity contribution in [2.75, 3.05) is 32.8 Å². The monoisotopic (exact) mass is 238 g/mol. The molecule has 0 radical (unpaired) electrons. The average Bonchev–Trinajstić information content (AvgIpc) is 2.37. The number of nitrogens with zero attached hydrogens (tertiary/aromatic N) is 2. The van der Waals surface area contributed by atoms with Gasteiger partial charge in [0.2, 0.25) is 0 Å². The summed E-state index contributed by atoms with van der Waals surface area (Å²) in [5.41, 5.74) is 0.459. The van der Waals surface area contributed by atoms with E-state index in [9.17, 15) is 4.79 Å². The molecule has 0 amide bonds. The average molecular weight is 238 g/mol. The van der Waals surface area contributed by atoms with Gasteiger partial charge in [0.15, 0.2) is 5.78 Å². The van der Waals surface area contributed by atoms with Gasteiger partial charge in [0.1, 0.15) is 5.69 Å². The molecule has 1 aromatic heterocycles. The van der Waals surface area contributed by atoms with Gasteiger partial charge in [-0.05, 0) is 12.1 Å². The molecule has 0 aliphatic rings. The Kier molecular flexibility index (Phi) is 6.39. The minimum atomic E-state index is -0.0218. The highest BCUT2D eigenvalue weighted by atomic mass is 16.3. The molecule has 1 heterocycles. The number of hydrogen-bond donors (Lipinski definition) is 2. The minimum Gasteiger partial charge on any atom is -0.395 e. The van der Waals surface area contributed by atoms with Crippen LogP contribution >= 0.6 is 0 Å². The van der Waals surface area contributed by atoms with E-state index in [2.05, 4.69) is 4.98 Å². The van der Waals surface area contributed by atoms with E-state index >= 15 is 0 Å². The standard InChI is InChI=1S/C12H18N2O3/c15-9-7-14(8-10-16)6-4-12(17)11-3-1-2-5-13-11/h1-3,5,15-16H,4,6-10H2. The van der Waals surface area contributed by atoms with Gasteiger partial charge >= 0.3 is 0 Å². The Hall–Kier alpha value is -1.30. The Morgan fingerprint density at radius 2 is 1.88 bits per heavy atom. The van der Waals surface area contributed by atoms with Crippen LogP contribution in [0, 0.1) is 0 Å². The summed E-state index contributed by atoms with van der Waals surface area (Å²) in [5.74, 6) is -0.0218. The first kappa shape index (κ1) is 13.8. The molecule has 2 N–H and O–H groups in total. The Labute approximate surface area is 101 Å². The van der Waals surface area contributed by atoms with E-state index in [0.29, 0.717) is 31.7 Å². The highest BCUT2D eigenvalue weighted by Gasteiger charge is 2.10. The molecule has 0 bridgehead atoms. The number of aliphatic hydroxyl groups excluding tert-OH is 2. The van der Waals surface area contributed by atoms with Crippen LogP contribution in [-0.4, -0.2) is 58.7 Å². The SMILES string of the molecule is O=C(CCN(CCO)CCO)c1ccccn1. The summed E-state index contributed by atoms with van der Waals surface area (Å²) in [6, 6.07) is 5.23. The zero-order chi connectivity index (χ0) is 12.5. The molecular weight excluding hydrogens is 220 g/mol. The van der Waals surface area contributed by atoms with Crippen molar-refractivity contribution in [3.8, 4) is 0 Å². The van der Waals surface area contributed by atoms with Crippen LogP contribution in [0.25, 0.3) is 0 Å². The molecule has 17 heavy (non-hydrogen) atoms. The first-order valence-corrected chi connectivity index (χ1v) is 5.66. The second-order valence-electron chi connectivity index (χ2n) is 3.68. The molecule has 0 spiro atoms. The lowest BCUT2D eigenvalue weighted by Gasteiger charge is -2.19. The molecule has 0 aliphatic heterocycles. The van der Waals surface area contributed by atoms with Crippen LogP contribution in [0.3, 0.4) is 0 Å². The highest BCUT2D eigenvalue weighted by Crippen LogP contribution is 2.00. The zero-order valence-corrected chi connectivity index (χ0v) is 9.75. The van der Waals surface area contributed by atoms with Gasteiger partial charge < -0.3 is 10.2 Å². The summed E-state index contributed by atoms with van der Waals surface area (Å²) < 4.78 is 0. The fourth-order valence-electron chi connectivity index (χ4n) is 1.53. The quantitative estimate of drug-likeness (QED) is 0.621. The maximum absolute atomic E-state index is 11.7. The van der Waals surface area contributed by atoms with Gasteiger partial charge in [-0.15, -0.1) is 0 Å². The lowest BCUT2D eigenvalue weighted by Crippen LogP contribution is -2.32. The fraction of sp³-hybridized carbons (Fsp3) is 0.500. The normalized spacial score (nSPS) is 10.8. The smallest absolute Gasteiger partial charge is 0.182 e. The van der Waals surface area contributed by atoms with E-state index in [-0.39, 0.29) is 19.0 Å². The van der Waals surface area contributed by atoms with Gasteiger partial charge in [-0.3, -0.25) is 14.7 Å². The number of aliphatic hydroxyl groups is 2. The minimum absolute atomic E-state index is 0.0218. The van der Waals surface area contributed by atoms with Crippen LogP contribution in [0.4, 0.5) is 0 Å². The van der Waals surface area contributed by atoms with E-state index in [1.54, 1.807) is 24.4 Å². The molecule has 0 saturated heterocycles. The van der Waals surface area contributed by atoms with Crippen molar-refractivity contribution >= 4 is 5.78 Å². The second-order valence-corrected chi connectivity index (χ2v) is 3.68. The molecule has 0 aromatic carbocycles. The van der Waals surface area contributed by atoms with Gasteiger partial charge in [0, 0.05) is 32.3 Å². The molecule has 0 saturated carbocycles. The summed E-state index contributed by atoms with van der Waals surface area (Å²) in [6.07, 6.45) is 1.93. The molecular formula is C12H18N2O3. The van der Waals surface area contributed by atoms with Crippen molar-refractivity contribution in [3.63, 3.8) is 0 Å². The summed E-state index contributed by atoms with van der Waals surface area (Å²) >= 11 is 0. The molecule has 5 heteroatoms. The van der Waals surface area contributed by atoms with Crippen molar-refractivity contribution < 1.29 is 15.0 Å². The predicted octanol–water partition coefficient (Wildman–Crippen LogP) is -0.0590. The van der Waals surface area contributed by atoms with Crippen molar-refractivity contribution in [2.45, 2.75) is 6.42 Å². The van der Waals surface area contributed by atoms with Crippen LogP contribution in [-0.2, 0) is 0 Å². The van der Waals surface area contributed by atoms with Crippen LogP contribution in [0.2, 0.25) is 0 Å². The molecule has 5 nitrogen and oxygen atoms in total. The molecule has 1 rings (SSSR count). The van der Waals surface area contributed by atoms with Gasteiger partial charge in [0.25, 0.3) is 0 Å². The first-order valence-electron chi connectivity index (χ1n) is 5.66. The second kappa shape index (κ2) is 7.89. The number of ketones is 1. The zero-order valence-electron chi connectivity index (χ0n) is 9.75. The number of rotatable bonds is 8. The van der Waals surface area contributed by atoms with Crippen LogP contribution in [0.15, 0.2) is 24.4 Å². The summed E-state index contributed by atoms with van der Waals surface area (Å²) in [4.78, 5) is 17.6. The highest BCUT2D eigenvalue weighted by molar-refractivity contribution is 5.94. The molecule has 0 aliphatic carbocycles. The van der Waals surface area contributed by atoms with Crippen molar-refractivity contribution in [1.29, 1.82) is 0 Å². The molecule has 0 fully saturated rings. The van der Waals surface area contributed by atoms with Gasteiger partial charge in [-0.1, -0.05) is 6.07 Å². The summed E-state index contributed by atoms with van der Waals surface area (Å²) in [5, 5.41) is 17.6. The number of carbonyl (C=O) groups excluding carboxylic acids is 1. The number of hydrogen-bond acceptors (Lipinski definition) is 5. The van der Waals surface area contributed by atoms with Gasteiger partial charge in [0.05, 0.1) is 13.2 Å². The van der Waals surface area contributed by atoms with Crippen molar-refractivity contribution in [3.05, 3.63) is 30.1 Å². The lowest BCUT2D eigenvalue weighted by molar-refractivity contribution is 0.0942. The van der Waals surface area contributed by atoms with E-state index in [0.717, 1.165) is 0 Å². The summed E-state index contributed by atoms with van der Waals surface area (Å²) in [7, 11) is 0. The molecule has 94 valence electrons. The predicted molar refractivity (Wildman–Crippen MR) is 63.8 cm³/mol. The Morgan fingerprint density at radius 3 is 2.41 bits per heavy atom. The van der Waals surface area contributed by atoms with E-state index in [1.165, 1.54) is 0 Å². The van der Waals surface area contributed by atoms with Crippen molar-refractivity contribution in [1.82, 2.24) is 9.88 Å². The van der Waals surface area contributed by atoms with Gasteiger partial charge in [-0.25, -0.2) is 0 Å². The number of aromatic nitrogens is 1. The van der Waals surface area contributed by atoms with Crippen LogP contribution in [0.1, 0.15) is 16.9 Å². The topological polar surface area (TPSA) is 73.7 Å². The van der Waals surface area contributed by atoms with Crippen molar-refractivity contribution in [2.24, 2.45) is 0 Å². The third kappa shape index (κ3) is 5.04. The van der Waals surface area contributed by atoms with E-state index < -0.39 is 0 Å². The fourth-order valence-corrected chi connectivity index (χ4v) is 1.53. The third-order valence-corrected chi connectivity index (χ3v) is 2.44. The number of carbonyl (C=O) groups is 1. The molecule has 0 unspecified atom stereocenters. The maximum Gasteiger partial charge on any atom is 0.182 e. The molecule has 0 atom stereocenters. The molecule has 1 aromatic rings. The maximum atomic E-state index is 11.7. The lowest BCUT2D eigenvalue weighted by atomic mass is 10.2. The third-order valence-electron chi connectivity index (χ3n) is 2.44. The van der Waals surface area contributed by atoms with E-state index in [4.69, 9.17) is 10.2 Å². The largest absolute Gasteiger partial charge is 0.395 e. The Morgan fingerprint density at radius 1 is 1.18 bits per heavy atom. The first-order chi connectivity index (χ1) is 8.27. The van der Waals surface area contributed by atoms with Gasteiger partial charge in [-0.2, -0.15) is 0 Å². The van der Waals surface area contributed by atoms with Crippen LogP contribution in [0.5, 0.6) is 0 Å². The van der Waals surface area contributed by atoms with Crippen LogP contribution < -0.4 is 0 Å².